The van der Waals surface area contributed by atoms with E-state index in [0.29, 0.717) is 19.3 Å². The Kier molecular flexibility index (Phi) is 61.8. The fourth-order valence-electron chi connectivity index (χ4n) is 9.67. The minimum Gasteiger partial charge on any atom is -0.463 e. The topological polar surface area (TPSA) is 231 Å². The van der Waals surface area contributed by atoms with Crippen molar-refractivity contribution in [3.63, 3.8) is 0 Å². The van der Waals surface area contributed by atoms with Gasteiger partial charge in [-0.15, -0.1) is 0 Å². The zero-order valence-electron chi connectivity index (χ0n) is 55.2. The number of allylic oxidation sites excluding steroid dienone is 8. The number of phosphoric ester groups is 2. The van der Waals surface area contributed by atoms with E-state index in [9.17, 15) is 43.5 Å². The van der Waals surface area contributed by atoms with Gasteiger partial charge in [-0.25, -0.2) is 9.13 Å². The fourth-order valence-corrected chi connectivity index (χ4v) is 11.3. The summed E-state index contributed by atoms with van der Waals surface area (Å²) in [6, 6.07) is 0. The molecule has 0 aromatic carbocycles. The van der Waals surface area contributed by atoms with Gasteiger partial charge in [-0.2, -0.15) is 0 Å². The molecular weight excluding hydrogens is 1150 g/mol. The second-order valence-corrected chi connectivity index (χ2v) is 26.6. The molecule has 5 atom stereocenters. The molecule has 4 N–H and O–H groups in total. The maximum absolute atomic E-state index is 12.8. The number of aliphatic hydroxyl groups is 2. The fraction of sp³-hybridized carbons (Fsp3) is 0.841. The van der Waals surface area contributed by atoms with Gasteiger partial charge in [-0.05, 0) is 64.2 Å². The van der Waals surface area contributed by atoms with Crippen molar-refractivity contribution in [3.8, 4) is 0 Å². The lowest BCUT2D eigenvalue weighted by Crippen LogP contribution is -2.30. The lowest BCUT2D eigenvalue weighted by molar-refractivity contribution is -0.161. The standard InChI is InChI=1S/C69H128O16P2/c1-4-7-10-13-16-19-22-24-25-26-27-28-29-30-31-32-33-34-35-36-37-39-42-43-46-49-52-55-67(72)79-58-64(70)59-81-86(75,76)82-60-65(71)61-83-87(77,78)84-63-66(85-69(74)57-54-51-48-45-40-21-18-15-12-9-6-3)62-80-68(73)56-53-50-47-44-41-38-23-20-17-14-11-8-5-2/h16,19,24-25,27-28,30-31,64-66,70-71H,4-15,17-18,20-23,26,29,32-63H2,1-3H3,(H,75,76)(H,77,78)/b19-16-,25-24-,28-27-,31-30-. The van der Waals surface area contributed by atoms with Gasteiger partial charge >= 0.3 is 33.6 Å². The number of unbranched alkanes of at least 4 members (excludes halogenated alkanes) is 36. The average molecular weight is 1280 g/mol. The molecule has 0 fully saturated rings. The molecule has 510 valence electrons. The first-order valence-electron chi connectivity index (χ1n) is 34.9. The largest absolute Gasteiger partial charge is 0.472 e. The van der Waals surface area contributed by atoms with Gasteiger partial charge in [0.1, 0.15) is 25.4 Å². The summed E-state index contributed by atoms with van der Waals surface area (Å²) in [5, 5.41) is 20.5. The van der Waals surface area contributed by atoms with Crippen LogP contribution in [0, 0.1) is 0 Å². The number of esters is 3. The van der Waals surface area contributed by atoms with Gasteiger partial charge < -0.3 is 34.2 Å². The lowest BCUT2D eigenvalue weighted by atomic mass is 10.0. The van der Waals surface area contributed by atoms with E-state index in [2.05, 4.69) is 69.4 Å². The van der Waals surface area contributed by atoms with E-state index in [4.69, 9.17) is 32.3 Å². The second-order valence-electron chi connectivity index (χ2n) is 23.7. The van der Waals surface area contributed by atoms with E-state index in [0.717, 1.165) is 89.9 Å². The minimum atomic E-state index is -4.91. The zero-order valence-corrected chi connectivity index (χ0v) is 57.0. The van der Waals surface area contributed by atoms with Crippen LogP contribution >= 0.6 is 15.6 Å². The Labute approximate surface area is 529 Å². The first-order valence-corrected chi connectivity index (χ1v) is 37.9. The normalized spacial score (nSPS) is 14.5. The molecule has 0 saturated heterocycles. The van der Waals surface area contributed by atoms with E-state index >= 15 is 0 Å². The molecule has 0 aromatic rings. The lowest BCUT2D eigenvalue weighted by Gasteiger charge is -2.21. The van der Waals surface area contributed by atoms with Crippen molar-refractivity contribution in [2.24, 2.45) is 0 Å². The molecule has 87 heavy (non-hydrogen) atoms. The van der Waals surface area contributed by atoms with Gasteiger partial charge in [-0.1, -0.05) is 281 Å². The maximum atomic E-state index is 12.8. The van der Waals surface area contributed by atoms with Crippen molar-refractivity contribution in [2.75, 3.05) is 39.6 Å². The van der Waals surface area contributed by atoms with Crippen LogP contribution in [-0.4, -0.2) is 95.9 Å². The molecule has 0 aliphatic rings. The van der Waals surface area contributed by atoms with Gasteiger partial charge in [0.05, 0.1) is 26.4 Å². The van der Waals surface area contributed by atoms with Crippen molar-refractivity contribution in [1.82, 2.24) is 0 Å². The number of hydrogen-bond donors (Lipinski definition) is 4. The summed E-state index contributed by atoms with van der Waals surface area (Å²) in [6.45, 7) is 2.67. The molecule has 0 saturated carbocycles. The Balaban J connectivity index is 4.40. The third-order valence-electron chi connectivity index (χ3n) is 15.1. The van der Waals surface area contributed by atoms with E-state index in [-0.39, 0.29) is 19.3 Å². The molecule has 18 heteroatoms. The Morgan fingerprint density at radius 2 is 0.575 bits per heavy atom. The summed E-state index contributed by atoms with van der Waals surface area (Å²) in [7, 11) is -9.75. The Bertz CT molecular complexity index is 1790. The van der Waals surface area contributed by atoms with Crippen molar-refractivity contribution >= 4 is 33.6 Å². The van der Waals surface area contributed by atoms with Crippen LogP contribution in [0.15, 0.2) is 48.6 Å². The molecule has 0 rings (SSSR count). The smallest absolute Gasteiger partial charge is 0.463 e. The number of carbonyl (C=O) groups is 3. The highest BCUT2D eigenvalue weighted by Crippen LogP contribution is 2.45. The highest BCUT2D eigenvalue weighted by molar-refractivity contribution is 7.47. The highest BCUT2D eigenvalue weighted by atomic mass is 31.2. The van der Waals surface area contributed by atoms with Gasteiger partial charge in [0.15, 0.2) is 6.10 Å². The quantitative estimate of drug-likeness (QED) is 0.0146. The van der Waals surface area contributed by atoms with Crippen LogP contribution in [0.1, 0.15) is 316 Å². The van der Waals surface area contributed by atoms with Gasteiger partial charge in [0, 0.05) is 19.3 Å². The summed E-state index contributed by atoms with van der Waals surface area (Å²) >= 11 is 0. The highest BCUT2D eigenvalue weighted by Gasteiger charge is 2.29. The Morgan fingerprint density at radius 3 is 0.931 bits per heavy atom. The van der Waals surface area contributed by atoms with Crippen LogP contribution in [0.2, 0.25) is 0 Å². The summed E-state index contributed by atoms with van der Waals surface area (Å²) in [4.78, 5) is 58.2. The minimum absolute atomic E-state index is 0.113. The van der Waals surface area contributed by atoms with Gasteiger partial charge in [0.2, 0.25) is 0 Å². The second kappa shape index (κ2) is 63.6. The van der Waals surface area contributed by atoms with E-state index in [1.807, 2.05) is 0 Å². The molecular formula is C69H128O16P2. The van der Waals surface area contributed by atoms with E-state index in [1.54, 1.807) is 0 Å². The Hall–Kier alpha value is -2.49. The molecule has 16 nitrogen and oxygen atoms in total. The molecule has 0 heterocycles. The van der Waals surface area contributed by atoms with Gasteiger partial charge in [0.25, 0.3) is 0 Å². The number of ether oxygens (including phenoxy) is 3. The van der Waals surface area contributed by atoms with Crippen molar-refractivity contribution in [1.29, 1.82) is 0 Å². The number of aliphatic hydroxyl groups excluding tert-OH is 2. The van der Waals surface area contributed by atoms with Crippen LogP contribution in [0.25, 0.3) is 0 Å². The number of phosphoric acid groups is 2. The molecule has 0 bridgehead atoms. The van der Waals surface area contributed by atoms with Crippen LogP contribution in [-0.2, 0) is 55.8 Å². The van der Waals surface area contributed by atoms with E-state index in [1.165, 1.54) is 167 Å². The molecule has 0 radical (unpaired) electrons. The van der Waals surface area contributed by atoms with Crippen molar-refractivity contribution < 1.29 is 75.8 Å². The SMILES string of the molecule is CCCCC/C=C\C/C=C\C/C=C\C/C=C\CCCCCCCCCCCCCC(=O)OCC(O)COP(=O)(O)OCC(O)COP(=O)(O)OCC(COC(=O)CCCCCCCCCCCCCCC)OC(=O)CCCCCCCCCCCCC. The third kappa shape index (κ3) is 64.8. The van der Waals surface area contributed by atoms with Crippen molar-refractivity contribution in [3.05, 3.63) is 48.6 Å². The van der Waals surface area contributed by atoms with Gasteiger partial charge in [-0.3, -0.25) is 32.5 Å². The van der Waals surface area contributed by atoms with Crippen molar-refractivity contribution in [2.45, 2.75) is 334 Å². The first-order chi connectivity index (χ1) is 42.2. The van der Waals surface area contributed by atoms with E-state index < -0.39 is 91.5 Å². The molecule has 5 unspecified atom stereocenters. The predicted molar refractivity (Wildman–Crippen MR) is 353 cm³/mol. The molecule has 0 spiro atoms. The van der Waals surface area contributed by atoms with Crippen LogP contribution in [0.3, 0.4) is 0 Å². The number of carbonyl (C=O) groups excluding carboxylic acids is 3. The Morgan fingerprint density at radius 1 is 0.322 bits per heavy atom. The first kappa shape index (κ1) is 84.5. The average Bonchev–Trinajstić information content (AvgIpc) is 3.53. The maximum Gasteiger partial charge on any atom is 0.472 e. The summed E-state index contributed by atoms with van der Waals surface area (Å²) in [5.41, 5.74) is 0. The number of hydrogen-bond acceptors (Lipinski definition) is 14. The molecule has 0 aliphatic heterocycles. The van der Waals surface area contributed by atoms with Crippen LogP contribution in [0.4, 0.5) is 0 Å². The summed E-state index contributed by atoms with van der Waals surface area (Å²) in [6.07, 6.45) is 63.2. The zero-order chi connectivity index (χ0) is 63.8. The predicted octanol–water partition coefficient (Wildman–Crippen LogP) is 19.2. The number of rotatable bonds is 67. The third-order valence-corrected chi connectivity index (χ3v) is 17.0. The molecule has 0 aliphatic carbocycles. The van der Waals surface area contributed by atoms with Crippen LogP contribution in [0.5, 0.6) is 0 Å². The molecule has 0 amide bonds. The summed E-state index contributed by atoms with van der Waals surface area (Å²) < 4.78 is 60.8. The van der Waals surface area contributed by atoms with Crippen LogP contribution < -0.4 is 0 Å². The summed E-state index contributed by atoms with van der Waals surface area (Å²) in [5.74, 6) is -1.56. The molecule has 0 aromatic heterocycles. The monoisotopic (exact) mass is 1270 g/mol.